The van der Waals surface area contributed by atoms with Crippen molar-refractivity contribution in [2.45, 2.75) is 36.7 Å². The van der Waals surface area contributed by atoms with Gasteiger partial charge in [0.15, 0.2) is 12.2 Å². The number of amides is 2. The summed E-state index contributed by atoms with van der Waals surface area (Å²) in [7, 11) is 0. The van der Waals surface area contributed by atoms with Gasteiger partial charge in [0.25, 0.3) is 11.8 Å². The lowest BCUT2D eigenvalue weighted by molar-refractivity contribution is -0.144. The van der Waals surface area contributed by atoms with Crippen LogP contribution in [0.15, 0.2) is 35.7 Å². The van der Waals surface area contributed by atoms with E-state index in [0.29, 0.717) is 24.8 Å². The second kappa shape index (κ2) is 8.03. The average molecular weight is 362 g/mol. The summed E-state index contributed by atoms with van der Waals surface area (Å²) in [6.07, 6.45) is 0.994. The first-order valence-electron chi connectivity index (χ1n) is 8.41. The van der Waals surface area contributed by atoms with Crippen molar-refractivity contribution < 1.29 is 19.8 Å². The van der Waals surface area contributed by atoms with Gasteiger partial charge in [0.2, 0.25) is 0 Å². The van der Waals surface area contributed by atoms with Gasteiger partial charge in [-0.1, -0.05) is 24.3 Å². The summed E-state index contributed by atoms with van der Waals surface area (Å²) in [5.74, 6) is -1.37. The van der Waals surface area contributed by atoms with E-state index < -0.39 is 24.0 Å². The molecule has 3 rings (SSSR count). The molecule has 2 amide bonds. The number of anilines is 1. The molecular weight excluding hydrogens is 340 g/mol. The van der Waals surface area contributed by atoms with E-state index >= 15 is 0 Å². The largest absolute Gasteiger partial charge is 0.380 e. The van der Waals surface area contributed by atoms with E-state index in [1.54, 1.807) is 17.8 Å². The summed E-state index contributed by atoms with van der Waals surface area (Å²) in [6.45, 7) is 0.845. The van der Waals surface area contributed by atoms with Crippen LogP contribution in [0.2, 0.25) is 0 Å². The summed E-state index contributed by atoms with van der Waals surface area (Å²) in [5, 5.41) is 25.2. The molecule has 1 aromatic rings. The summed E-state index contributed by atoms with van der Waals surface area (Å²) in [6, 6.07) is 7.43. The first kappa shape index (κ1) is 18.0. The van der Waals surface area contributed by atoms with Crippen LogP contribution in [0, 0.1) is 0 Å². The quantitative estimate of drug-likeness (QED) is 0.697. The number of nitrogens with one attached hydrogen (secondary N) is 1. The Bertz CT molecular complexity index is 671. The average Bonchev–Trinajstić information content (AvgIpc) is 3.29. The van der Waals surface area contributed by atoms with Gasteiger partial charge in [-0.15, -0.1) is 11.8 Å². The molecule has 7 heteroatoms. The van der Waals surface area contributed by atoms with Crippen LogP contribution in [0.25, 0.3) is 0 Å². The molecule has 0 aliphatic carbocycles. The van der Waals surface area contributed by atoms with Crippen molar-refractivity contribution in [1.82, 2.24) is 5.32 Å². The number of benzene rings is 1. The zero-order chi connectivity index (χ0) is 17.8. The Morgan fingerprint density at radius 3 is 2.84 bits per heavy atom. The smallest absolute Gasteiger partial charge is 0.259 e. The van der Waals surface area contributed by atoms with Gasteiger partial charge in [-0.25, -0.2) is 0 Å². The van der Waals surface area contributed by atoms with Crippen LogP contribution in [-0.2, 0) is 16.0 Å². The van der Waals surface area contributed by atoms with E-state index in [4.69, 9.17) is 0 Å². The molecule has 0 bridgehead atoms. The van der Waals surface area contributed by atoms with Crippen LogP contribution in [0.1, 0.15) is 18.4 Å². The van der Waals surface area contributed by atoms with Gasteiger partial charge in [-0.2, -0.15) is 0 Å². The number of rotatable bonds is 6. The molecule has 0 fully saturated rings. The van der Waals surface area contributed by atoms with E-state index in [9.17, 15) is 19.8 Å². The summed E-state index contributed by atoms with van der Waals surface area (Å²) >= 11 is 1.72. The van der Waals surface area contributed by atoms with Crippen LogP contribution >= 0.6 is 11.8 Å². The van der Waals surface area contributed by atoms with Gasteiger partial charge < -0.3 is 20.4 Å². The lowest BCUT2D eigenvalue weighted by Gasteiger charge is -2.23. The number of carbonyl (C=O) groups excluding carboxylic acids is 2. The number of para-hydroxylation sites is 1. The molecule has 3 N–H and O–H groups in total. The lowest BCUT2D eigenvalue weighted by atomic mass is 10.1. The van der Waals surface area contributed by atoms with Crippen LogP contribution < -0.4 is 10.2 Å². The molecule has 1 aromatic carbocycles. The minimum Gasteiger partial charge on any atom is -0.380 e. The second-order valence-electron chi connectivity index (χ2n) is 6.20. The maximum atomic E-state index is 12.5. The molecule has 0 saturated carbocycles. The number of fused-ring (bicyclic) bond motifs is 1. The van der Waals surface area contributed by atoms with Gasteiger partial charge >= 0.3 is 0 Å². The number of aliphatic hydroxyl groups excluding tert-OH is 2. The van der Waals surface area contributed by atoms with Crippen molar-refractivity contribution in [3.05, 3.63) is 41.3 Å². The molecule has 2 aliphatic rings. The standard InChI is InChI=1S/C18H22N2O4S/c21-15(17(23)19-9-7-13-5-3-11-25-13)16(22)18(24)20-10-8-12-4-1-2-6-14(12)20/h1-4,6,11,13,15-16,21-22H,5,7-10H2,(H,19,23)/t13?,15-,16-/m1/s1. The van der Waals surface area contributed by atoms with Crippen molar-refractivity contribution >= 4 is 29.3 Å². The fraction of sp³-hybridized carbons (Fsp3) is 0.444. The maximum absolute atomic E-state index is 12.5. The van der Waals surface area contributed by atoms with Crippen LogP contribution in [0.3, 0.4) is 0 Å². The molecule has 25 heavy (non-hydrogen) atoms. The molecule has 2 aliphatic heterocycles. The number of hydrogen-bond acceptors (Lipinski definition) is 5. The van der Waals surface area contributed by atoms with Gasteiger partial charge in [-0.05, 0) is 36.3 Å². The molecule has 1 unspecified atom stereocenters. The van der Waals surface area contributed by atoms with Crippen molar-refractivity contribution in [3.8, 4) is 0 Å². The van der Waals surface area contributed by atoms with E-state index in [1.807, 2.05) is 23.6 Å². The normalized spacial score (nSPS) is 21.0. The zero-order valence-electron chi connectivity index (χ0n) is 13.8. The van der Waals surface area contributed by atoms with Gasteiger partial charge in [0, 0.05) is 24.0 Å². The van der Waals surface area contributed by atoms with Crippen molar-refractivity contribution in [2.24, 2.45) is 0 Å². The Morgan fingerprint density at radius 1 is 1.28 bits per heavy atom. The highest BCUT2D eigenvalue weighted by Gasteiger charge is 2.36. The molecule has 0 aromatic heterocycles. The van der Waals surface area contributed by atoms with E-state index in [-0.39, 0.29) is 0 Å². The fourth-order valence-corrected chi connectivity index (χ4v) is 4.00. The van der Waals surface area contributed by atoms with E-state index in [0.717, 1.165) is 24.1 Å². The predicted molar refractivity (Wildman–Crippen MR) is 97.3 cm³/mol. The third-order valence-corrected chi connectivity index (χ3v) is 5.67. The minimum atomic E-state index is -1.77. The molecule has 0 radical (unpaired) electrons. The Kier molecular flexibility index (Phi) is 5.78. The highest BCUT2D eigenvalue weighted by molar-refractivity contribution is 8.03. The Hall–Kier alpha value is -1.83. The van der Waals surface area contributed by atoms with Crippen LogP contribution in [0.4, 0.5) is 5.69 Å². The van der Waals surface area contributed by atoms with Gasteiger partial charge in [0.05, 0.1) is 0 Å². The summed E-state index contributed by atoms with van der Waals surface area (Å²) < 4.78 is 0. The highest BCUT2D eigenvalue weighted by Crippen LogP contribution is 2.28. The van der Waals surface area contributed by atoms with Gasteiger partial charge in [0.1, 0.15) is 0 Å². The first-order valence-corrected chi connectivity index (χ1v) is 9.36. The third kappa shape index (κ3) is 4.05. The molecule has 6 nitrogen and oxygen atoms in total. The SMILES string of the molecule is O=C(NCCC1CC=CS1)[C@H](O)[C@@H](O)C(=O)N1CCc2ccccc21. The molecule has 0 spiro atoms. The predicted octanol–water partition coefficient (Wildman–Crippen LogP) is 0.823. The molecule has 134 valence electrons. The topological polar surface area (TPSA) is 89.9 Å². The number of aliphatic hydroxyl groups is 2. The van der Waals surface area contributed by atoms with Crippen LogP contribution in [-0.4, -0.2) is 52.6 Å². The Morgan fingerprint density at radius 2 is 2.08 bits per heavy atom. The minimum absolute atomic E-state index is 0.405. The van der Waals surface area contributed by atoms with Crippen molar-refractivity contribution in [2.75, 3.05) is 18.0 Å². The number of allylic oxidation sites excluding steroid dienone is 1. The van der Waals surface area contributed by atoms with Gasteiger partial charge in [-0.3, -0.25) is 9.59 Å². The Labute approximate surface area is 150 Å². The van der Waals surface area contributed by atoms with E-state index in [1.165, 1.54) is 4.90 Å². The Balaban J connectivity index is 1.52. The van der Waals surface area contributed by atoms with Crippen molar-refractivity contribution in [1.29, 1.82) is 0 Å². The third-order valence-electron chi connectivity index (χ3n) is 4.51. The van der Waals surface area contributed by atoms with E-state index in [2.05, 4.69) is 11.4 Å². The fourth-order valence-electron chi connectivity index (χ4n) is 3.08. The number of thioether (sulfide) groups is 1. The monoisotopic (exact) mass is 362 g/mol. The lowest BCUT2D eigenvalue weighted by Crippen LogP contribution is -2.50. The van der Waals surface area contributed by atoms with Crippen LogP contribution in [0.5, 0.6) is 0 Å². The highest BCUT2D eigenvalue weighted by atomic mass is 32.2. The first-order chi connectivity index (χ1) is 12.1. The molecule has 0 saturated heterocycles. The molecule has 3 atom stereocenters. The number of carbonyl (C=O) groups is 2. The summed E-state index contributed by atoms with van der Waals surface area (Å²) in [5.41, 5.74) is 1.74. The zero-order valence-corrected chi connectivity index (χ0v) is 14.6. The maximum Gasteiger partial charge on any atom is 0.259 e. The number of nitrogens with zero attached hydrogens (tertiary/aromatic N) is 1. The summed E-state index contributed by atoms with van der Waals surface area (Å²) in [4.78, 5) is 25.9. The number of hydrogen-bond donors (Lipinski definition) is 3. The second-order valence-corrected chi connectivity index (χ2v) is 7.41. The van der Waals surface area contributed by atoms with Crippen molar-refractivity contribution in [3.63, 3.8) is 0 Å². The molecule has 2 heterocycles. The molecular formula is C18H22N2O4S.